The van der Waals surface area contributed by atoms with Crippen LogP contribution in [-0.4, -0.2) is 0 Å². The molecule has 5 heavy (non-hydrogen) atoms. The molecule has 0 aliphatic heterocycles. The molecule has 0 aromatic carbocycles. The van der Waals surface area contributed by atoms with Crippen LogP contribution in [0.4, 0.5) is 0 Å². The Hall–Kier alpha value is 1.54. The minimum atomic E-state index is -2.00. The van der Waals surface area contributed by atoms with E-state index in [4.69, 9.17) is 6.65 Å². The van der Waals surface area contributed by atoms with Gasteiger partial charge in [0.15, 0.2) is 0 Å². The summed E-state index contributed by atoms with van der Waals surface area (Å²) in [6.07, 6.45) is 0. The van der Waals surface area contributed by atoms with E-state index in [1.807, 2.05) is 0 Å². The maximum atomic E-state index is 8.50. The normalized spacial score (nSPS) is 1.60. The van der Waals surface area contributed by atoms with Crippen LogP contribution >= 0.6 is 0 Å². The van der Waals surface area contributed by atoms with Crippen LogP contribution in [-0.2, 0) is 64.2 Å². The third-order valence-electron chi connectivity index (χ3n) is 0. The van der Waals surface area contributed by atoms with E-state index in [1.54, 1.807) is 0 Å². The van der Waals surface area contributed by atoms with Gasteiger partial charge in [-0.05, 0) is 0 Å². The summed E-state index contributed by atoms with van der Waals surface area (Å²) in [6, 6.07) is 0. The van der Waals surface area contributed by atoms with Gasteiger partial charge in [0.05, 0.1) is 0 Å². The standard InChI is InChI=1S/Cr.Mo.2O.Ti. The molecule has 0 heterocycles. The van der Waals surface area contributed by atoms with E-state index in [2.05, 4.69) is 0 Å². The first-order valence-electron chi connectivity index (χ1n) is 0.408. The number of hydrogen-bond acceptors (Lipinski definition) is 2. The van der Waals surface area contributed by atoms with Crippen molar-refractivity contribution in [2.24, 2.45) is 0 Å². The van der Waals surface area contributed by atoms with Gasteiger partial charge in [0.1, 0.15) is 0 Å². The van der Waals surface area contributed by atoms with Crippen molar-refractivity contribution in [1.82, 2.24) is 0 Å². The minimum absolute atomic E-state index is 0. The quantitative estimate of drug-likeness (QED) is 0.536. The Bertz CT molecular complexity index is 30.6. The van der Waals surface area contributed by atoms with Crippen LogP contribution in [0.3, 0.4) is 0 Å². The summed E-state index contributed by atoms with van der Waals surface area (Å²) in [5.41, 5.74) is 0. The van der Waals surface area contributed by atoms with E-state index in [0.29, 0.717) is 0 Å². The summed E-state index contributed by atoms with van der Waals surface area (Å²) in [5.74, 6) is 0. The van der Waals surface area contributed by atoms with Crippen LogP contribution in [0.25, 0.3) is 0 Å². The predicted octanol–water partition coefficient (Wildman–Crippen LogP) is -0.245. The van der Waals surface area contributed by atoms with Crippen molar-refractivity contribution < 1.29 is 64.2 Å². The molecule has 0 atom stereocenters. The zero-order valence-corrected chi connectivity index (χ0v) is 6.98. The van der Waals surface area contributed by atoms with E-state index < -0.39 is 19.1 Å². The fraction of sp³-hybridized carbons (Fsp3) is 0. The van der Waals surface area contributed by atoms with E-state index in [-0.39, 0.29) is 38.4 Å². The second-order valence-electron chi connectivity index (χ2n) is 0.0833. The zero-order valence-electron chi connectivity index (χ0n) is 2.13. The molecule has 0 N–H and O–H groups in total. The first-order chi connectivity index (χ1) is 1.41. The summed E-state index contributed by atoms with van der Waals surface area (Å²) >= 11 is -2.00. The molecule has 0 aromatic heterocycles. The molecule has 0 fully saturated rings. The van der Waals surface area contributed by atoms with Gasteiger partial charge in [-0.15, -0.1) is 0 Å². The van der Waals surface area contributed by atoms with Crippen LogP contribution in [0.5, 0.6) is 0 Å². The van der Waals surface area contributed by atoms with Crippen LogP contribution in [0.2, 0.25) is 0 Å². The van der Waals surface area contributed by atoms with E-state index >= 15 is 0 Å². The summed E-state index contributed by atoms with van der Waals surface area (Å²) in [4.78, 5) is 0. The molecule has 0 aliphatic carbocycles. The van der Waals surface area contributed by atoms with Crippen LogP contribution in [0.1, 0.15) is 0 Å². The Labute approximate surface area is 63.7 Å². The topological polar surface area (TPSA) is 34.1 Å². The molecule has 0 unspecified atom stereocenters. The Kier molecular flexibility index (Phi) is 56.8. The molecule has 0 spiro atoms. The molecule has 0 amide bonds. The average molecular weight is 228 g/mol. The maximum absolute atomic E-state index is 8.50. The molecule has 0 radical (unpaired) electrons. The Morgan fingerprint density at radius 1 is 1.20 bits per heavy atom. The molecule has 0 aromatic rings. The number of rotatable bonds is 0. The molecule has 0 bridgehead atoms. The van der Waals surface area contributed by atoms with Gasteiger partial charge in [0, 0.05) is 38.4 Å². The van der Waals surface area contributed by atoms with E-state index in [9.17, 15) is 0 Å². The van der Waals surface area contributed by atoms with Crippen molar-refractivity contribution in [1.29, 1.82) is 0 Å². The summed E-state index contributed by atoms with van der Waals surface area (Å²) < 4.78 is 17.0. The molecule has 0 saturated carbocycles. The van der Waals surface area contributed by atoms with Crippen LogP contribution in [0, 0.1) is 0 Å². The van der Waals surface area contributed by atoms with Crippen LogP contribution in [0.15, 0.2) is 0 Å². The van der Waals surface area contributed by atoms with Gasteiger partial charge in [0.25, 0.3) is 0 Å². The van der Waals surface area contributed by atoms with Gasteiger partial charge < -0.3 is 0 Å². The van der Waals surface area contributed by atoms with Crippen molar-refractivity contribution in [3.05, 3.63) is 0 Å². The van der Waals surface area contributed by atoms with Gasteiger partial charge in [-0.2, -0.15) is 0 Å². The Morgan fingerprint density at radius 3 is 1.20 bits per heavy atom. The molecule has 0 saturated heterocycles. The predicted molar refractivity (Wildman–Crippen MR) is 1.37 cm³/mol. The fourth-order valence-corrected chi connectivity index (χ4v) is 0. The van der Waals surface area contributed by atoms with Gasteiger partial charge in [-0.3, -0.25) is 0 Å². The molecule has 0 rings (SSSR count). The molecule has 0 aliphatic rings. The molecular formula is CrMoO2Ti. The first kappa shape index (κ1) is 16.0. The third kappa shape index (κ3) is 29.4. The third-order valence-corrected chi connectivity index (χ3v) is 0. The molecule has 2 nitrogen and oxygen atoms in total. The first-order valence-corrected chi connectivity index (χ1v) is 1.68. The summed E-state index contributed by atoms with van der Waals surface area (Å²) in [6.45, 7) is 0. The second kappa shape index (κ2) is 17.7. The van der Waals surface area contributed by atoms with Crippen molar-refractivity contribution in [2.75, 3.05) is 0 Å². The number of hydrogen-bond donors (Lipinski definition) is 0. The monoisotopic (exact) mass is 230 g/mol. The molecule has 5 heteroatoms. The van der Waals surface area contributed by atoms with Gasteiger partial charge in [-0.25, -0.2) is 0 Å². The van der Waals surface area contributed by atoms with E-state index in [1.165, 1.54) is 0 Å². The summed E-state index contributed by atoms with van der Waals surface area (Å²) in [5, 5.41) is 0. The van der Waals surface area contributed by atoms with Crippen molar-refractivity contribution in [3.63, 3.8) is 0 Å². The Balaban J connectivity index is -0.0000000200. The SMILES string of the molecule is [Cr].[Mo].[O]=[Ti]=[O]. The molecule has 28 valence electrons. The van der Waals surface area contributed by atoms with Crippen LogP contribution < -0.4 is 0 Å². The van der Waals surface area contributed by atoms with Gasteiger partial charge in [-0.1, -0.05) is 0 Å². The average Bonchev–Trinajstić information content (AvgIpc) is 0.918. The van der Waals surface area contributed by atoms with Crippen molar-refractivity contribution >= 4 is 0 Å². The van der Waals surface area contributed by atoms with Gasteiger partial charge in [0.2, 0.25) is 0 Å². The second-order valence-corrected chi connectivity index (χ2v) is 0.344. The fourth-order valence-electron chi connectivity index (χ4n) is 0. The summed E-state index contributed by atoms with van der Waals surface area (Å²) in [7, 11) is 0. The Morgan fingerprint density at radius 2 is 1.20 bits per heavy atom. The molecular weight excluding hydrogens is 228 g/mol. The van der Waals surface area contributed by atoms with Gasteiger partial charge >= 0.3 is 25.7 Å². The zero-order chi connectivity index (χ0) is 2.71. The van der Waals surface area contributed by atoms with Crippen molar-refractivity contribution in [2.45, 2.75) is 0 Å². The van der Waals surface area contributed by atoms with E-state index in [0.717, 1.165) is 0 Å². The van der Waals surface area contributed by atoms with Crippen molar-refractivity contribution in [3.8, 4) is 0 Å².